The van der Waals surface area contributed by atoms with Crippen LogP contribution in [0.15, 0.2) is 66.7 Å². The van der Waals surface area contributed by atoms with E-state index in [0.29, 0.717) is 0 Å². The molecule has 1 aliphatic heterocycles. The van der Waals surface area contributed by atoms with Gasteiger partial charge in [0.05, 0.1) is 6.33 Å². The van der Waals surface area contributed by atoms with Crippen molar-refractivity contribution in [1.82, 2.24) is 25.1 Å². The van der Waals surface area contributed by atoms with Crippen molar-refractivity contribution in [2.24, 2.45) is 0 Å². The van der Waals surface area contributed by atoms with Gasteiger partial charge in [0.2, 0.25) is 0 Å². The molecule has 0 aromatic carbocycles. The van der Waals surface area contributed by atoms with Gasteiger partial charge >= 0.3 is 0 Å². The fraction of sp³-hybridized carbons (Fsp3) is 0.450. The molecule has 1 aromatic heterocycles. The van der Waals surface area contributed by atoms with Crippen molar-refractivity contribution < 1.29 is 0 Å². The molecule has 1 atom stereocenters. The lowest BCUT2D eigenvalue weighted by Gasteiger charge is -2.27. The van der Waals surface area contributed by atoms with Crippen LogP contribution in [0.2, 0.25) is 0 Å². The average molecular weight is 342 g/mol. The van der Waals surface area contributed by atoms with Crippen molar-refractivity contribution in [3.63, 3.8) is 0 Å². The van der Waals surface area contributed by atoms with E-state index in [1.54, 1.807) is 0 Å². The van der Waals surface area contributed by atoms with Crippen LogP contribution in [0, 0.1) is 0 Å². The molecule has 1 aliphatic rings. The predicted octanol–water partition coefficient (Wildman–Crippen LogP) is 3.38. The van der Waals surface area contributed by atoms with E-state index in [2.05, 4.69) is 71.3 Å². The van der Waals surface area contributed by atoms with Gasteiger partial charge in [-0.2, -0.15) is 0 Å². The molecule has 0 bridgehead atoms. The topological polar surface area (TPSA) is 45.1 Å². The van der Waals surface area contributed by atoms with Crippen LogP contribution in [0.3, 0.4) is 0 Å². The van der Waals surface area contributed by atoms with Gasteiger partial charge in [-0.3, -0.25) is 0 Å². The molecule has 0 spiro atoms. The normalized spacial score (nSPS) is 16.2. The van der Waals surface area contributed by atoms with Crippen molar-refractivity contribution in [2.45, 2.75) is 46.3 Å². The van der Waals surface area contributed by atoms with Crippen LogP contribution in [0.25, 0.3) is 0 Å². The van der Waals surface area contributed by atoms with Gasteiger partial charge in [-0.15, -0.1) is 0 Å². The fourth-order valence-electron chi connectivity index (χ4n) is 2.75. The van der Waals surface area contributed by atoms with Crippen molar-refractivity contribution in [2.75, 3.05) is 13.1 Å². The SMILES string of the molecule is C=C(C)CC1=CN(CC=C(C)C)C(C(=C)NCCCn2ccnc2)N1. The molecule has 2 heterocycles. The maximum absolute atomic E-state index is 4.25. The van der Waals surface area contributed by atoms with Gasteiger partial charge in [-0.05, 0) is 27.2 Å². The highest BCUT2D eigenvalue weighted by Crippen LogP contribution is 2.20. The molecule has 0 fully saturated rings. The summed E-state index contributed by atoms with van der Waals surface area (Å²) in [7, 11) is 0. The standard InChI is InChI=1S/C20H31N5/c1-16(2)7-11-25-14-19(13-17(3)4)23-20(25)18(5)22-8-6-10-24-12-9-21-15-24/h7,9,12,14-15,20,22-23H,3,5-6,8,10-11,13H2,1-2,4H3. The summed E-state index contributed by atoms with van der Waals surface area (Å²) in [6.07, 6.45) is 12.1. The molecule has 0 amide bonds. The molecule has 0 saturated carbocycles. The van der Waals surface area contributed by atoms with Gasteiger partial charge in [0, 0.05) is 56.0 Å². The molecule has 1 aromatic rings. The first-order chi connectivity index (χ1) is 12.0. The van der Waals surface area contributed by atoms with Crippen LogP contribution >= 0.6 is 0 Å². The van der Waals surface area contributed by atoms with Crippen molar-refractivity contribution in [3.05, 3.63) is 66.7 Å². The van der Waals surface area contributed by atoms with E-state index in [0.717, 1.165) is 43.7 Å². The predicted molar refractivity (Wildman–Crippen MR) is 105 cm³/mol. The number of aromatic nitrogens is 2. The Balaban J connectivity index is 1.86. The maximum atomic E-state index is 4.25. The number of imidazole rings is 1. The van der Waals surface area contributed by atoms with Crippen molar-refractivity contribution in [3.8, 4) is 0 Å². The second kappa shape index (κ2) is 9.16. The summed E-state index contributed by atoms with van der Waals surface area (Å²) in [5.41, 5.74) is 4.67. The van der Waals surface area contributed by atoms with Crippen molar-refractivity contribution in [1.29, 1.82) is 0 Å². The Labute approximate surface area is 151 Å². The second-order valence-corrected chi connectivity index (χ2v) is 6.92. The summed E-state index contributed by atoms with van der Waals surface area (Å²) in [6.45, 7) is 17.3. The second-order valence-electron chi connectivity index (χ2n) is 6.92. The first kappa shape index (κ1) is 18.9. The number of hydrogen-bond donors (Lipinski definition) is 2. The Hall–Kier alpha value is -2.43. The lowest BCUT2D eigenvalue weighted by molar-refractivity contribution is 0.327. The molecule has 0 saturated heterocycles. The molecule has 2 N–H and O–H groups in total. The first-order valence-corrected chi connectivity index (χ1v) is 8.85. The van der Waals surface area contributed by atoms with Gasteiger partial charge in [0.25, 0.3) is 0 Å². The smallest absolute Gasteiger partial charge is 0.139 e. The third-order valence-corrected chi connectivity index (χ3v) is 4.01. The number of aryl methyl sites for hydroxylation is 1. The van der Waals surface area contributed by atoms with Crippen LogP contribution in [0.5, 0.6) is 0 Å². The summed E-state index contributed by atoms with van der Waals surface area (Å²) in [4.78, 5) is 6.35. The highest BCUT2D eigenvalue weighted by atomic mass is 15.3. The third-order valence-electron chi connectivity index (χ3n) is 4.01. The van der Waals surface area contributed by atoms with E-state index in [-0.39, 0.29) is 6.17 Å². The highest BCUT2D eigenvalue weighted by molar-refractivity contribution is 5.22. The molecular weight excluding hydrogens is 310 g/mol. The van der Waals surface area contributed by atoms with Crippen LogP contribution in [-0.4, -0.2) is 33.7 Å². The van der Waals surface area contributed by atoms with Gasteiger partial charge < -0.3 is 20.1 Å². The van der Waals surface area contributed by atoms with Crippen LogP contribution in [0.1, 0.15) is 33.6 Å². The molecule has 1 unspecified atom stereocenters. The molecule has 25 heavy (non-hydrogen) atoms. The zero-order chi connectivity index (χ0) is 18.2. The minimum atomic E-state index is 0.0817. The number of nitrogens with one attached hydrogen (secondary N) is 2. The van der Waals surface area contributed by atoms with Crippen molar-refractivity contribution >= 4 is 0 Å². The summed E-state index contributed by atoms with van der Waals surface area (Å²) in [6, 6.07) is 0. The average Bonchev–Trinajstić information content (AvgIpc) is 3.18. The zero-order valence-corrected chi connectivity index (χ0v) is 15.8. The lowest BCUT2D eigenvalue weighted by Crippen LogP contribution is -2.42. The molecular formula is C20H31N5. The fourth-order valence-corrected chi connectivity index (χ4v) is 2.75. The Morgan fingerprint density at radius 1 is 1.36 bits per heavy atom. The highest BCUT2D eigenvalue weighted by Gasteiger charge is 2.25. The minimum absolute atomic E-state index is 0.0817. The van der Waals surface area contributed by atoms with E-state index < -0.39 is 0 Å². The molecule has 136 valence electrons. The van der Waals surface area contributed by atoms with E-state index in [4.69, 9.17) is 0 Å². The molecule has 5 heteroatoms. The summed E-state index contributed by atoms with van der Waals surface area (Å²) in [5.74, 6) is 0. The monoisotopic (exact) mass is 341 g/mol. The molecule has 0 radical (unpaired) electrons. The maximum Gasteiger partial charge on any atom is 0.139 e. The lowest BCUT2D eigenvalue weighted by atomic mass is 10.2. The Bertz CT molecular complexity index is 635. The van der Waals surface area contributed by atoms with E-state index >= 15 is 0 Å². The van der Waals surface area contributed by atoms with Gasteiger partial charge in [-0.25, -0.2) is 4.98 Å². The number of allylic oxidation sites excluding steroid dienone is 2. The number of rotatable bonds is 10. The summed E-state index contributed by atoms with van der Waals surface area (Å²) in [5, 5.41) is 7.04. The minimum Gasteiger partial charge on any atom is -0.386 e. The van der Waals surface area contributed by atoms with E-state index in [9.17, 15) is 0 Å². The number of nitrogens with zero attached hydrogens (tertiary/aromatic N) is 3. The van der Waals surface area contributed by atoms with E-state index in [1.807, 2.05) is 18.7 Å². The molecule has 2 rings (SSSR count). The number of hydrogen-bond acceptors (Lipinski definition) is 4. The Morgan fingerprint density at radius 3 is 2.80 bits per heavy atom. The summed E-state index contributed by atoms with van der Waals surface area (Å²) >= 11 is 0. The summed E-state index contributed by atoms with van der Waals surface area (Å²) < 4.78 is 2.09. The quantitative estimate of drug-likeness (QED) is 0.506. The largest absolute Gasteiger partial charge is 0.386 e. The molecule has 0 aliphatic carbocycles. The Kier molecular flexibility index (Phi) is 6.92. The first-order valence-electron chi connectivity index (χ1n) is 8.85. The van der Waals surface area contributed by atoms with Crippen LogP contribution in [0.4, 0.5) is 0 Å². The van der Waals surface area contributed by atoms with Crippen LogP contribution < -0.4 is 10.6 Å². The van der Waals surface area contributed by atoms with E-state index in [1.165, 1.54) is 11.3 Å². The molecule has 5 nitrogen and oxygen atoms in total. The van der Waals surface area contributed by atoms with Gasteiger partial charge in [-0.1, -0.05) is 30.4 Å². The van der Waals surface area contributed by atoms with Gasteiger partial charge in [0.15, 0.2) is 0 Å². The third kappa shape index (κ3) is 6.18. The zero-order valence-electron chi connectivity index (χ0n) is 15.8. The van der Waals surface area contributed by atoms with Crippen LogP contribution in [-0.2, 0) is 6.54 Å². The Morgan fingerprint density at radius 2 is 2.16 bits per heavy atom. The van der Waals surface area contributed by atoms with Gasteiger partial charge in [0.1, 0.15) is 6.17 Å².